The van der Waals surface area contributed by atoms with Crippen molar-refractivity contribution in [3.63, 3.8) is 0 Å². The van der Waals surface area contributed by atoms with Gasteiger partial charge in [0.15, 0.2) is 0 Å². The van der Waals surface area contributed by atoms with Crippen molar-refractivity contribution in [1.82, 2.24) is 10.2 Å². The van der Waals surface area contributed by atoms with Crippen LogP contribution in [0.5, 0.6) is 5.75 Å². The third-order valence-electron chi connectivity index (χ3n) is 8.16. The lowest BCUT2D eigenvalue weighted by molar-refractivity contribution is -0.139. The van der Waals surface area contributed by atoms with E-state index in [1.807, 2.05) is 41.3 Å². The van der Waals surface area contributed by atoms with E-state index in [9.17, 15) is 14.4 Å². The predicted molar refractivity (Wildman–Crippen MR) is 153 cm³/mol. The topological polar surface area (TPSA) is 102 Å². The molecule has 39 heavy (non-hydrogen) atoms. The van der Waals surface area contributed by atoms with Gasteiger partial charge in [0.05, 0.1) is 7.11 Å². The number of rotatable bonds is 13. The molecule has 1 saturated heterocycles. The molecule has 1 saturated carbocycles. The number of primary amides is 1. The minimum absolute atomic E-state index is 0.0509. The van der Waals surface area contributed by atoms with Crippen LogP contribution in [0.3, 0.4) is 0 Å². The van der Waals surface area contributed by atoms with Gasteiger partial charge in [0.2, 0.25) is 17.7 Å². The molecule has 210 valence electrons. The van der Waals surface area contributed by atoms with E-state index in [1.165, 1.54) is 0 Å². The Bertz CT molecular complexity index is 1130. The fraction of sp³-hybridized carbons (Fsp3) is 0.531. The van der Waals surface area contributed by atoms with Crippen LogP contribution in [-0.4, -0.2) is 42.3 Å². The highest BCUT2D eigenvalue weighted by molar-refractivity contribution is 5.91. The zero-order valence-corrected chi connectivity index (χ0v) is 23.4. The van der Waals surface area contributed by atoms with Crippen molar-refractivity contribution < 1.29 is 19.1 Å². The molecule has 3 amide bonds. The summed E-state index contributed by atoms with van der Waals surface area (Å²) in [5.74, 6) is -0.313. The van der Waals surface area contributed by atoms with Crippen LogP contribution in [0.15, 0.2) is 48.5 Å². The second-order valence-corrected chi connectivity index (χ2v) is 11.2. The molecule has 2 fully saturated rings. The number of unbranched alkanes of at least 4 members (excludes halogenated alkanes) is 1. The van der Waals surface area contributed by atoms with Gasteiger partial charge in [0, 0.05) is 24.9 Å². The molecule has 0 aromatic heterocycles. The molecule has 1 heterocycles. The molecule has 7 heteroatoms. The molecule has 3 atom stereocenters. The largest absolute Gasteiger partial charge is 0.497 e. The molecular weight excluding hydrogens is 490 g/mol. The molecule has 2 aliphatic rings. The maximum absolute atomic E-state index is 13.6. The molecule has 0 bridgehead atoms. The Morgan fingerprint density at radius 2 is 1.82 bits per heavy atom. The standard InChI is InChI=1S/C32H43N3O4/c1-3-4-10-27(30(33)36)28(20-22-12-13-22)31(37)34-29-11-5-6-18-35(32(29)38)21-23-8-7-9-25(19-23)24-14-16-26(39-2)17-15-24/h7-9,14-17,19,22,27-29H,3-6,10-13,18,20-21H2,1-2H3,(H2,33,36)(H,34,37)/t27?,28?,29-/m0/s1. The maximum atomic E-state index is 13.6. The Hall–Kier alpha value is -3.35. The number of methoxy groups -OCH3 is 1. The van der Waals surface area contributed by atoms with Gasteiger partial charge < -0.3 is 20.7 Å². The Balaban J connectivity index is 1.45. The van der Waals surface area contributed by atoms with Crippen LogP contribution in [-0.2, 0) is 20.9 Å². The minimum Gasteiger partial charge on any atom is -0.497 e. The van der Waals surface area contributed by atoms with Crippen molar-refractivity contribution in [2.75, 3.05) is 13.7 Å². The van der Waals surface area contributed by atoms with Crippen LogP contribution >= 0.6 is 0 Å². The van der Waals surface area contributed by atoms with Gasteiger partial charge in [0.1, 0.15) is 11.8 Å². The number of nitrogens with one attached hydrogen (secondary N) is 1. The number of carbonyl (C=O) groups excluding carboxylic acids is 3. The first-order chi connectivity index (χ1) is 18.9. The molecule has 2 aromatic carbocycles. The van der Waals surface area contributed by atoms with E-state index in [4.69, 9.17) is 10.5 Å². The van der Waals surface area contributed by atoms with Gasteiger partial charge in [-0.2, -0.15) is 0 Å². The summed E-state index contributed by atoms with van der Waals surface area (Å²) >= 11 is 0. The molecule has 0 spiro atoms. The first kappa shape index (κ1) is 28.7. The number of amides is 3. The van der Waals surface area contributed by atoms with Gasteiger partial charge in [-0.1, -0.05) is 62.9 Å². The maximum Gasteiger partial charge on any atom is 0.245 e. The molecule has 4 rings (SSSR count). The minimum atomic E-state index is -0.578. The van der Waals surface area contributed by atoms with Gasteiger partial charge in [-0.15, -0.1) is 0 Å². The number of benzene rings is 2. The van der Waals surface area contributed by atoms with E-state index in [0.29, 0.717) is 38.3 Å². The lowest BCUT2D eigenvalue weighted by Crippen LogP contribution is -2.50. The molecule has 2 aromatic rings. The highest BCUT2D eigenvalue weighted by Crippen LogP contribution is 2.38. The number of likely N-dealkylation sites (tertiary alicyclic amines) is 1. The second kappa shape index (κ2) is 13.6. The van der Waals surface area contributed by atoms with Crippen LogP contribution in [0.4, 0.5) is 0 Å². The number of ether oxygens (including phenoxy) is 1. The Kier molecular flexibility index (Phi) is 10.0. The fourth-order valence-corrected chi connectivity index (χ4v) is 5.66. The van der Waals surface area contributed by atoms with Gasteiger partial charge in [-0.3, -0.25) is 14.4 Å². The molecule has 7 nitrogen and oxygen atoms in total. The van der Waals surface area contributed by atoms with Crippen LogP contribution in [0.25, 0.3) is 11.1 Å². The average molecular weight is 534 g/mol. The molecular formula is C32H43N3O4. The second-order valence-electron chi connectivity index (χ2n) is 11.2. The van der Waals surface area contributed by atoms with Crippen molar-refractivity contribution in [1.29, 1.82) is 0 Å². The lowest BCUT2D eigenvalue weighted by Gasteiger charge is -2.28. The summed E-state index contributed by atoms with van der Waals surface area (Å²) in [6.45, 7) is 3.21. The summed E-state index contributed by atoms with van der Waals surface area (Å²) in [7, 11) is 1.65. The van der Waals surface area contributed by atoms with Crippen molar-refractivity contribution in [2.24, 2.45) is 23.5 Å². The van der Waals surface area contributed by atoms with Gasteiger partial charge in [0.25, 0.3) is 0 Å². The zero-order chi connectivity index (χ0) is 27.8. The van der Waals surface area contributed by atoms with E-state index < -0.39 is 23.8 Å². The van der Waals surface area contributed by atoms with Crippen molar-refractivity contribution >= 4 is 17.7 Å². The van der Waals surface area contributed by atoms with E-state index >= 15 is 0 Å². The first-order valence-electron chi connectivity index (χ1n) is 14.5. The van der Waals surface area contributed by atoms with Gasteiger partial charge >= 0.3 is 0 Å². The smallest absolute Gasteiger partial charge is 0.245 e. The molecule has 1 aliphatic carbocycles. The Morgan fingerprint density at radius 1 is 1.05 bits per heavy atom. The highest BCUT2D eigenvalue weighted by atomic mass is 16.5. The molecule has 3 N–H and O–H groups in total. The normalized spacial score (nSPS) is 19.2. The number of hydrogen-bond donors (Lipinski definition) is 2. The Morgan fingerprint density at radius 3 is 2.49 bits per heavy atom. The van der Waals surface area contributed by atoms with Crippen LogP contribution in [0.2, 0.25) is 0 Å². The van der Waals surface area contributed by atoms with E-state index in [0.717, 1.165) is 61.0 Å². The summed E-state index contributed by atoms with van der Waals surface area (Å²) in [5, 5.41) is 3.07. The summed E-state index contributed by atoms with van der Waals surface area (Å²) in [4.78, 5) is 41.4. The number of nitrogens with zero attached hydrogens (tertiary/aromatic N) is 1. The Labute approximate surface area is 232 Å². The van der Waals surface area contributed by atoms with Crippen molar-refractivity contribution in [2.45, 2.75) is 77.3 Å². The predicted octanol–water partition coefficient (Wildman–Crippen LogP) is 5.07. The summed E-state index contributed by atoms with van der Waals surface area (Å²) in [5.41, 5.74) is 8.98. The fourth-order valence-electron chi connectivity index (χ4n) is 5.66. The molecule has 0 radical (unpaired) electrons. The SMILES string of the molecule is CCCCC(C(N)=O)C(CC1CC1)C(=O)N[C@H]1CCCCN(Cc2cccc(-c3ccc(OC)cc3)c2)C1=O. The molecule has 2 unspecified atom stereocenters. The average Bonchev–Trinajstić information content (AvgIpc) is 3.78. The van der Waals surface area contributed by atoms with Gasteiger partial charge in [-0.05, 0) is 72.9 Å². The number of carbonyl (C=O) groups is 3. The van der Waals surface area contributed by atoms with E-state index in [-0.39, 0.29) is 11.8 Å². The summed E-state index contributed by atoms with van der Waals surface area (Å²) < 4.78 is 5.27. The van der Waals surface area contributed by atoms with Crippen LogP contribution < -0.4 is 15.8 Å². The monoisotopic (exact) mass is 533 g/mol. The summed E-state index contributed by atoms with van der Waals surface area (Å²) in [6, 6.07) is 15.6. The molecule has 1 aliphatic heterocycles. The van der Waals surface area contributed by atoms with E-state index in [2.05, 4.69) is 24.4 Å². The quantitative estimate of drug-likeness (QED) is 0.375. The zero-order valence-electron chi connectivity index (χ0n) is 23.4. The van der Waals surface area contributed by atoms with Crippen molar-refractivity contribution in [3.8, 4) is 16.9 Å². The van der Waals surface area contributed by atoms with Crippen LogP contribution in [0, 0.1) is 17.8 Å². The van der Waals surface area contributed by atoms with Crippen molar-refractivity contribution in [3.05, 3.63) is 54.1 Å². The first-order valence-corrected chi connectivity index (χ1v) is 14.5. The number of hydrogen-bond acceptors (Lipinski definition) is 4. The highest BCUT2D eigenvalue weighted by Gasteiger charge is 2.39. The van der Waals surface area contributed by atoms with Crippen LogP contribution in [0.1, 0.15) is 70.3 Å². The third kappa shape index (κ3) is 7.84. The number of nitrogens with two attached hydrogens (primary N) is 1. The lowest BCUT2D eigenvalue weighted by atomic mass is 9.82. The van der Waals surface area contributed by atoms with Gasteiger partial charge in [-0.25, -0.2) is 0 Å². The summed E-state index contributed by atoms with van der Waals surface area (Å²) in [6.07, 6.45) is 7.63. The van der Waals surface area contributed by atoms with E-state index in [1.54, 1.807) is 7.11 Å². The third-order valence-corrected chi connectivity index (χ3v) is 8.16.